The van der Waals surface area contributed by atoms with Crippen molar-refractivity contribution in [2.75, 3.05) is 20.1 Å². The molecule has 1 atom stereocenters. The Balaban J connectivity index is 1.63. The van der Waals surface area contributed by atoms with Crippen molar-refractivity contribution < 1.29 is 9.76 Å². The summed E-state index contributed by atoms with van der Waals surface area (Å²) in [6, 6.07) is 26.7. The van der Waals surface area contributed by atoms with Crippen molar-refractivity contribution in [2.24, 2.45) is 5.16 Å². The van der Waals surface area contributed by atoms with Crippen LogP contribution in [0.1, 0.15) is 16.7 Å². The summed E-state index contributed by atoms with van der Waals surface area (Å²) in [5.74, 6) is 0.655. The van der Waals surface area contributed by atoms with Crippen LogP contribution in [0.2, 0.25) is 0 Å². The molecule has 160 valence electrons. The van der Waals surface area contributed by atoms with Gasteiger partial charge in [0.1, 0.15) is 0 Å². The Hall–Kier alpha value is -4.13. The Morgan fingerprint density at radius 3 is 2.22 bits per heavy atom. The van der Waals surface area contributed by atoms with Crippen molar-refractivity contribution in [3.63, 3.8) is 0 Å². The van der Waals surface area contributed by atoms with Crippen molar-refractivity contribution in [2.45, 2.75) is 5.72 Å². The van der Waals surface area contributed by atoms with Gasteiger partial charge in [-0.1, -0.05) is 65.8 Å². The van der Waals surface area contributed by atoms with Gasteiger partial charge in [-0.3, -0.25) is 10.1 Å². The van der Waals surface area contributed by atoms with Crippen molar-refractivity contribution in [3.05, 3.63) is 118 Å². The Morgan fingerprint density at radius 2 is 1.56 bits per heavy atom. The largest absolute Gasteiger partial charge is 0.372 e. The van der Waals surface area contributed by atoms with E-state index in [0.29, 0.717) is 12.4 Å². The summed E-state index contributed by atoms with van der Waals surface area (Å²) in [4.78, 5) is 21.3. The number of nitro benzene ring substituents is 1. The van der Waals surface area contributed by atoms with E-state index in [2.05, 4.69) is 40.2 Å². The van der Waals surface area contributed by atoms with Crippen molar-refractivity contribution in [1.82, 2.24) is 9.80 Å². The molecule has 0 spiro atoms. The molecule has 2 aliphatic heterocycles. The minimum absolute atomic E-state index is 0.0458. The van der Waals surface area contributed by atoms with Crippen LogP contribution in [0.3, 0.4) is 0 Å². The van der Waals surface area contributed by atoms with E-state index >= 15 is 0 Å². The molecule has 0 aliphatic carbocycles. The number of amidine groups is 1. The molecule has 5 rings (SSSR count). The van der Waals surface area contributed by atoms with Crippen LogP contribution in [0.4, 0.5) is 5.69 Å². The Kier molecular flexibility index (Phi) is 4.86. The van der Waals surface area contributed by atoms with Crippen LogP contribution in [0, 0.1) is 10.1 Å². The second kappa shape index (κ2) is 7.85. The van der Waals surface area contributed by atoms with Gasteiger partial charge in [0, 0.05) is 55.2 Å². The van der Waals surface area contributed by atoms with Crippen LogP contribution in [0.25, 0.3) is 5.70 Å². The second-order valence-corrected chi connectivity index (χ2v) is 7.84. The summed E-state index contributed by atoms with van der Waals surface area (Å²) in [6.45, 7) is 1.42. The highest BCUT2D eigenvalue weighted by Gasteiger charge is 2.48. The van der Waals surface area contributed by atoms with Crippen LogP contribution in [0.15, 0.2) is 96.2 Å². The average molecular weight is 426 g/mol. The van der Waals surface area contributed by atoms with Gasteiger partial charge in [0.25, 0.3) is 11.4 Å². The number of benzene rings is 3. The van der Waals surface area contributed by atoms with Gasteiger partial charge in [0.2, 0.25) is 0 Å². The van der Waals surface area contributed by atoms with Gasteiger partial charge in [-0.15, -0.1) is 0 Å². The van der Waals surface area contributed by atoms with Gasteiger partial charge in [-0.2, -0.15) is 0 Å². The molecule has 0 saturated carbocycles. The fourth-order valence-electron chi connectivity index (χ4n) is 4.23. The number of oxime groups is 1. The zero-order chi connectivity index (χ0) is 22.1. The quantitative estimate of drug-likeness (QED) is 0.456. The van der Waals surface area contributed by atoms with Gasteiger partial charge in [0.05, 0.1) is 4.92 Å². The highest BCUT2D eigenvalue weighted by atomic mass is 16.7. The maximum Gasteiger partial charge on any atom is 0.269 e. The predicted octanol–water partition coefficient (Wildman–Crippen LogP) is 4.43. The predicted molar refractivity (Wildman–Crippen MR) is 123 cm³/mol. The highest BCUT2D eigenvalue weighted by molar-refractivity contribution is 6.00. The van der Waals surface area contributed by atoms with E-state index in [-0.39, 0.29) is 5.69 Å². The second-order valence-electron chi connectivity index (χ2n) is 7.84. The Bertz CT molecular complexity index is 1190. The van der Waals surface area contributed by atoms with E-state index in [0.717, 1.165) is 28.9 Å². The number of non-ortho nitro benzene ring substituents is 1. The van der Waals surface area contributed by atoms with Gasteiger partial charge in [-0.05, 0) is 17.7 Å². The first-order valence-electron chi connectivity index (χ1n) is 10.4. The van der Waals surface area contributed by atoms with E-state index in [1.165, 1.54) is 12.1 Å². The molecule has 0 saturated heterocycles. The van der Waals surface area contributed by atoms with Crippen molar-refractivity contribution in [3.8, 4) is 0 Å². The molecule has 0 aromatic heterocycles. The molecule has 7 heteroatoms. The van der Waals surface area contributed by atoms with Crippen LogP contribution in [0.5, 0.6) is 0 Å². The molecular weight excluding hydrogens is 404 g/mol. The molecule has 0 fully saturated rings. The van der Waals surface area contributed by atoms with Gasteiger partial charge >= 0.3 is 0 Å². The Morgan fingerprint density at radius 1 is 0.906 bits per heavy atom. The normalized spacial score (nSPS) is 20.0. The van der Waals surface area contributed by atoms with Crippen LogP contribution in [-0.4, -0.2) is 40.7 Å². The highest BCUT2D eigenvalue weighted by Crippen LogP contribution is 2.42. The first-order chi connectivity index (χ1) is 15.6. The lowest BCUT2D eigenvalue weighted by molar-refractivity contribution is -0.384. The maximum absolute atomic E-state index is 11.1. The number of fused-ring (bicyclic) bond motifs is 1. The monoisotopic (exact) mass is 426 g/mol. The van der Waals surface area contributed by atoms with E-state index in [1.807, 2.05) is 48.5 Å². The van der Waals surface area contributed by atoms with E-state index < -0.39 is 10.6 Å². The summed E-state index contributed by atoms with van der Waals surface area (Å²) >= 11 is 0. The van der Waals surface area contributed by atoms with Crippen LogP contribution < -0.4 is 0 Å². The SMILES string of the molecule is CN1CCN2C(c3ccc([N+](=O)[O-])cc3)=NOC2(c2ccccc2)C=C1c1ccccc1. The average Bonchev–Trinajstić information content (AvgIpc) is 3.14. The third-order valence-corrected chi connectivity index (χ3v) is 5.92. The van der Waals surface area contributed by atoms with E-state index in [4.69, 9.17) is 4.84 Å². The van der Waals surface area contributed by atoms with Crippen molar-refractivity contribution >= 4 is 17.2 Å². The molecule has 1 unspecified atom stereocenters. The molecule has 3 aromatic carbocycles. The molecule has 2 heterocycles. The lowest BCUT2D eigenvalue weighted by atomic mass is 9.97. The summed E-state index contributed by atoms with van der Waals surface area (Å²) in [5, 5.41) is 15.6. The molecule has 0 amide bonds. The smallest absolute Gasteiger partial charge is 0.269 e. The summed E-state index contributed by atoms with van der Waals surface area (Å²) in [6.07, 6.45) is 2.12. The third kappa shape index (κ3) is 3.28. The lowest BCUT2D eigenvalue weighted by Crippen LogP contribution is -2.46. The number of rotatable bonds is 4. The first-order valence-corrected chi connectivity index (χ1v) is 10.4. The van der Waals surface area contributed by atoms with Gasteiger partial charge in [0.15, 0.2) is 5.84 Å². The summed E-state index contributed by atoms with van der Waals surface area (Å²) < 4.78 is 0. The molecule has 7 nitrogen and oxygen atoms in total. The summed E-state index contributed by atoms with van der Waals surface area (Å²) in [7, 11) is 2.07. The molecular formula is C25H22N4O3. The number of likely N-dealkylation sites (N-methyl/N-ethyl adjacent to an activating group) is 1. The van der Waals surface area contributed by atoms with Crippen LogP contribution in [-0.2, 0) is 10.6 Å². The van der Waals surface area contributed by atoms with E-state index in [1.54, 1.807) is 12.1 Å². The number of nitro groups is 1. The molecule has 0 N–H and O–H groups in total. The maximum atomic E-state index is 11.1. The Labute approximate surface area is 186 Å². The zero-order valence-electron chi connectivity index (χ0n) is 17.6. The van der Waals surface area contributed by atoms with Crippen LogP contribution >= 0.6 is 0 Å². The number of nitrogens with zero attached hydrogens (tertiary/aromatic N) is 4. The fraction of sp³-hybridized carbons (Fsp3) is 0.160. The van der Waals surface area contributed by atoms with Crippen molar-refractivity contribution in [1.29, 1.82) is 0 Å². The molecule has 0 bridgehead atoms. The van der Waals surface area contributed by atoms with Gasteiger partial charge < -0.3 is 14.6 Å². The molecule has 2 aliphatic rings. The number of hydrogen-bond acceptors (Lipinski definition) is 6. The standard InChI is InChI=1S/C25H22N4O3/c1-27-16-17-28-24(20-12-14-22(15-13-20)29(30)31)26-32-25(28,21-10-6-3-7-11-21)18-23(27)19-8-4-2-5-9-19/h2-15,18H,16-17H2,1H3. The fourth-order valence-corrected chi connectivity index (χ4v) is 4.23. The summed E-state index contributed by atoms with van der Waals surface area (Å²) in [5.41, 5.74) is 3.01. The van der Waals surface area contributed by atoms with Gasteiger partial charge in [-0.25, -0.2) is 0 Å². The topological polar surface area (TPSA) is 71.2 Å². The molecule has 3 aromatic rings. The molecule has 32 heavy (non-hydrogen) atoms. The number of hydrogen-bond donors (Lipinski definition) is 0. The molecule has 0 radical (unpaired) electrons. The minimum Gasteiger partial charge on any atom is -0.372 e. The first kappa shape index (κ1) is 19.8. The third-order valence-electron chi connectivity index (χ3n) is 5.92. The minimum atomic E-state index is -0.922. The van der Waals surface area contributed by atoms with E-state index in [9.17, 15) is 10.1 Å². The lowest BCUT2D eigenvalue weighted by Gasteiger charge is -2.34. The zero-order valence-corrected chi connectivity index (χ0v) is 17.6.